The van der Waals surface area contributed by atoms with Crippen LogP contribution < -0.4 is 19.9 Å². The van der Waals surface area contributed by atoms with Crippen molar-refractivity contribution < 1.29 is 14.2 Å². The standard InChI is InChI=1S/C16H25NO3/c1-4-5-6-7-8-9-20-16-14(18-2)10-13(12-17)11-15(16)19-3/h4,10-11H,1,5-9,12,17H2,2-3H3. The lowest BCUT2D eigenvalue weighted by atomic mass is 10.1. The molecule has 0 aromatic heterocycles. The highest BCUT2D eigenvalue weighted by molar-refractivity contribution is 5.53. The van der Waals surface area contributed by atoms with E-state index in [1.165, 1.54) is 0 Å². The Kier molecular flexibility index (Phi) is 7.58. The van der Waals surface area contributed by atoms with Crippen LogP contribution in [0, 0.1) is 0 Å². The number of nitrogens with two attached hydrogens (primary N) is 1. The zero-order valence-corrected chi connectivity index (χ0v) is 12.5. The van der Waals surface area contributed by atoms with Gasteiger partial charge in [-0.15, -0.1) is 6.58 Å². The minimum atomic E-state index is 0.439. The summed E-state index contributed by atoms with van der Waals surface area (Å²) in [5.74, 6) is 1.97. The van der Waals surface area contributed by atoms with Gasteiger partial charge in [-0.05, 0) is 43.4 Å². The topological polar surface area (TPSA) is 53.7 Å². The summed E-state index contributed by atoms with van der Waals surface area (Å²) in [5.41, 5.74) is 6.61. The Labute approximate surface area is 121 Å². The molecule has 0 saturated heterocycles. The average molecular weight is 279 g/mol. The molecule has 0 heterocycles. The van der Waals surface area contributed by atoms with Gasteiger partial charge in [0.15, 0.2) is 11.5 Å². The van der Waals surface area contributed by atoms with Gasteiger partial charge >= 0.3 is 0 Å². The SMILES string of the molecule is C=CCCCCCOc1c(OC)cc(CN)cc1OC. The van der Waals surface area contributed by atoms with Crippen molar-refractivity contribution >= 4 is 0 Å². The van der Waals surface area contributed by atoms with Gasteiger partial charge in [0.1, 0.15) is 0 Å². The first kappa shape index (κ1) is 16.4. The van der Waals surface area contributed by atoms with Gasteiger partial charge < -0.3 is 19.9 Å². The fourth-order valence-electron chi connectivity index (χ4n) is 1.94. The molecule has 0 saturated carbocycles. The summed E-state index contributed by atoms with van der Waals surface area (Å²) < 4.78 is 16.5. The zero-order chi connectivity index (χ0) is 14.8. The molecule has 0 aliphatic heterocycles. The summed E-state index contributed by atoms with van der Waals surface area (Å²) in [4.78, 5) is 0. The van der Waals surface area contributed by atoms with Crippen molar-refractivity contribution in [3.05, 3.63) is 30.4 Å². The molecule has 0 aliphatic carbocycles. The molecule has 20 heavy (non-hydrogen) atoms. The van der Waals surface area contributed by atoms with Crippen molar-refractivity contribution in [1.29, 1.82) is 0 Å². The van der Waals surface area contributed by atoms with Crippen molar-refractivity contribution in [3.8, 4) is 17.2 Å². The van der Waals surface area contributed by atoms with Crippen LogP contribution in [-0.4, -0.2) is 20.8 Å². The third-order valence-corrected chi connectivity index (χ3v) is 3.06. The summed E-state index contributed by atoms with van der Waals surface area (Å²) in [5, 5.41) is 0. The van der Waals surface area contributed by atoms with Gasteiger partial charge in [-0.1, -0.05) is 6.08 Å². The first-order chi connectivity index (χ1) is 9.76. The molecule has 0 fully saturated rings. The van der Waals surface area contributed by atoms with E-state index in [1.54, 1.807) is 14.2 Å². The predicted molar refractivity (Wildman–Crippen MR) is 81.6 cm³/mol. The van der Waals surface area contributed by atoms with Gasteiger partial charge in [-0.3, -0.25) is 0 Å². The van der Waals surface area contributed by atoms with Gasteiger partial charge in [0.2, 0.25) is 5.75 Å². The maximum absolute atomic E-state index is 5.81. The van der Waals surface area contributed by atoms with E-state index in [4.69, 9.17) is 19.9 Å². The molecule has 0 spiro atoms. The molecule has 4 heteroatoms. The molecule has 1 aromatic carbocycles. The first-order valence-electron chi connectivity index (χ1n) is 6.95. The van der Waals surface area contributed by atoms with Crippen molar-refractivity contribution in [2.45, 2.75) is 32.2 Å². The molecule has 2 N–H and O–H groups in total. The van der Waals surface area contributed by atoms with Gasteiger partial charge in [-0.2, -0.15) is 0 Å². The number of methoxy groups -OCH3 is 2. The molecular weight excluding hydrogens is 254 g/mol. The van der Waals surface area contributed by atoms with Crippen LogP contribution in [0.25, 0.3) is 0 Å². The van der Waals surface area contributed by atoms with E-state index >= 15 is 0 Å². The Morgan fingerprint density at radius 1 is 1.10 bits per heavy atom. The van der Waals surface area contributed by atoms with Crippen LogP contribution in [0.5, 0.6) is 17.2 Å². The highest BCUT2D eigenvalue weighted by Crippen LogP contribution is 2.38. The summed E-state index contributed by atoms with van der Waals surface area (Å²) in [6, 6.07) is 3.77. The van der Waals surface area contributed by atoms with Gasteiger partial charge in [0.05, 0.1) is 20.8 Å². The third kappa shape index (κ3) is 4.78. The maximum Gasteiger partial charge on any atom is 0.203 e. The molecule has 0 radical (unpaired) electrons. The smallest absolute Gasteiger partial charge is 0.203 e. The summed E-state index contributed by atoms with van der Waals surface area (Å²) in [7, 11) is 3.23. The van der Waals surface area contributed by atoms with Crippen LogP contribution in [0.15, 0.2) is 24.8 Å². The Morgan fingerprint density at radius 3 is 2.25 bits per heavy atom. The Hall–Kier alpha value is -1.68. The summed E-state index contributed by atoms with van der Waals surface area (Å²) in [6.07, 6.45) is 6.26. The highest BCUT2D eigenvalue weighted by atomic mass is 16.5. The van der Waals surface area contributed by atoms with E-state index in [-0.39, 0.29) is 0 Å². The number of ether oxygens (including phenoxy) is 3. The van der Waals surface area contributed by atoms with E-state index < -0.39 is 0 Å². The van der Waals surface area contributed by atoms with Crippen molar-refractivity contribution in [1.82, 2.24) is 0 Å². The van der Waals surface area contributed by atoms with Gasteiger partial charge in [0, 0.05) is 6.54 Å². The van der Waals surface area contributed by atoms with Crippen molar-refractivity contribution in [2.75, 3.05) is 20.8 Å². The second-order valence-corrected chi connectivity index (χ2v) is 4.52. The number of rotatable bonds is 10. The van der Waals surface area contributed by atoms with E-state index in [9.17, 15) is 0 Å². The van der Waals surface area contributed by atoms with Crippen LogP contribution in [0.4, 0.5) is 0 Å². The van der Waals surface area contributed by atoms with Crippen LogP contribution in [0.3, 0.4) is 0 Å². The molecule has 112 valence electrons. The van der Waals surface area contributed by atoms with Crippen molar-refractivity contribution in [2.24, 2.45) is 5.73 Å². The normalized spacial score (nSPS) is 10.2. The zero-order valence-electron chi connectivity index (χ0n) is 12.5. The third-order valence-electron chi connectivity index (χ3n) is 3.06. The predicted octanol–water partition coefficient (Wildman–Crippen LogP) is 3.29. The van der Waals surface area contributed by atoms with Crippen LogP contribution in [0.2, 0.25) is 0 Å². The Morgan fingerprint density at radius 2 is 1.75 bits per heavy atom. The lowest BCUT2D eigenvalue weighted by Gasteiger charge is -2.15. The molecule has 1 rings (SSSR count). The molecule has 0 amide bonds. The minimum Gasteiger partial charge on any atom is -0.493 e. The minimum absolute atomic E-state index is 0.439. The van der Waals surface area contributed by atoms with E-state index in [2.05, 4.69) is 6.58 Å². The number of allylic oxidation sites excluding steroid dienone is 1. The first-order valence-corrected chi connectivity index (χ1v) is 6.95. The quantitative estimate of drug-likeness (QED) is 0.527. The van der Waals surface area contributed by atoms with Crippen LogP contribution in [-0.2, 0) is 6.54 Å². The Bertz CT molecular complexity index is 393. The molecule has 4 nitrogen and oxygen atoms in total. The molecule has 0 bridgehead atoms. The highest BCUT2D eigenvalue weighted by Gasteiger charge is 2.13. The van der Waals surface area contributed by atoms with Gasteiger partial charge in [0.25, 0.3) is 0 Å². The molecular formula is C16H25NO3. The number of hydrogen-bond donors (Lipinski definition) is 1. The molecule has 1 aromatic rings. The number of benzene rings is 1. The summed E-state index contributed by atoms with van der Waals surface area (Å²) in [6.45, 7) is 4.80. The molecule has 0 atom stereocenters. The van der Waals surface area contributed by atoms with E-state index in [1.807, 2.05) is 18.2 Å². The second kappa shape index (κ2) is 9.26. The lowest BCUT2D eigenvalue weighted by Crippen LogP contribution is -2.04. The lowest BCUT2D eigenvalue weighted by molar-refractivity contribution is 0.267. The largest absolute Gasteiger partial charge is 0.493 e. The Balaban J connectivity index is 2.65. The summed E-state index contributed by atoms with van der Waals surface area (Å²) >= 11 is 0. The fourth-order valence-corrected chi connectivity index (χ4v) is 1.94. The molecule has 0 aliphatic rings. The monoisotopic (exact) mass is 279 g/mol. The van der Waals surface area contributed by atoms with Crippen molar-refractivity contribution in [3.63, 3.8) is 0 Å². The maximum atomic E-state index is 5.81. The fraction of sp³-hybridized carbons (Fsp3) is 0.500. The number of unbranched alkanes of at least 4 members (excludes halogenated alkanes) is 3. The van der Waals surface area contributed by atoms with Crippen LogP contribution in [0.1, 0.15) is 31.2 Å². The van der Waals surface area contributed by atoms with Crippen LogP contribution >= 0.6 is 0 Å². The molecule has 0 unspecified atom stereocenters. The van der Waals surface area contributed by atoms with Gasteiger partial charge in [-0.25, -0.2) is 0 Å². The van der Waals surface area contributed by atoms with E-state index in [0.717, 1.165) is 31.2 Å². The number of hydrogen-bond acceptors (Lipinski definition) is 4. The van der Waals surface area contributed by atoms with E-state index in [0.29, 0.717) is 30.4 Å². The second-order valence-electron chi connectivity index (χ2n) is 4.52. The average Bonchev–Trinajstić information content (AvgIpc) is 2.50.